The fraction of sp³-hybridized carbons (Fsp3) is 0.500. The van der Waals surface area contributed by atoms with E-state index in [4.69, 9.17) is 5.73 Å². The number of rotatable bonds is 3. The largest absolute Gasteiger partial charge is 0.397 e. The Labute approximate surface area is 94.5 Å². The van der Waals surface area contributed by atoms with Gasteiger partial charge in [0.2, 0.25) is 0 Å². The van der Waals surface area contributed by atoms with Crippen LogP contribution in [0.4, 0.5) is 15.8 Å². The third kappa shape index (κ3) is 2.44. The van der Waals surface area contributed by atoms with Crippen LogP contribution in [-0.4, -0.2) is 17.8 Å². The summed E-state index contributed by atoms with van der Waals surface area (Å²) in [6, 6.07) is 4.27. The SMILES string of the molecule is Nc1ccc(F)cc1NCC1CCCC1O. The summed E-state index contributed by atoms with van der Waals surface area (Å²) in [6.07, 6.45) is 2.71. The van der Waals surface area contributed by atoms with Crippen LogP contribution < -0.4 is 11.1 Å². The third-order valence-corrected chi connectivity index (χ3v) is 3.19. The van der Waals surface area contributed by atoms with Gasteiger partial charge in [-0.05, 0) is 31.0 Å². The Morgan fingerprint density at radius 2 is 2.25 bits per heavy atom. The molecule has 1 fully saturated rings. The molecule has 0 saturated heterocycles. The zero-order chi connectivity index (χ0) is 11.5. The van der Waals surface area contributed by atoms with E-state index in [0.717, 1.165) is 19.3 Å². The number of anilines is 2. The van der Waals surface area contributed by atoms with Crippen LogP contribution >= 0.6 is 0 Å². The topological polar surface area (TPSA) is 58.3 Å². The van der Waals surface area contributed by atoms with Crippen molar-refractivity contribution < 1.29 is 9.50 Å². The highest BCUT2D eigenvalue weighted by Crippen LogP contribution is 2.27. The van der Waals surface area contributed by atoms with Crippen LogP contribution in [0.2, 0.25) is 0 Å². The summed E-state index contributed by atoms with van der Waals surface area (Å²) in [5, 5.41) is 12.7. The van der Waals surface area contributed by atoms with Crippen molar-refractivity contribution in [2.45, 2.75) is 25.4 Å². The molecule has 0 bridgehead atoms. The van der Waals surface area contributed by atoms with E-state index in [0.29, 0.717) is 17.9 Å². The van der Waals surface area contributed by atoms with E-state index in [-0.39, 0.29) is 17.8 Å². The van der Waals surface area contributed by atoms with Gasteiger partial charge in [-0.1, -0.05) is 6.42 Å². The Balaban J connectivity index is 1.96. The minimum Gasteiger partial charge on any atom is -0.397 e. The fourth-order valence-electron chi connectivity index (χ4n) is 2.18. The Morgan fingerprint density at radius 1 is 1.44 bits per heavy atom. The lowest BCUT2D eigenvalue weighted by molar-refractivity contribution is 0.138. The highest BCUT2D eigenvalue weighted by atomic mass is 19.1. The molecule has 1 aliphatic rings. The molecule has 1 aromatic rings. The molecule has 0 aliphatic heterocycles. The Bertz CT molecular complexity index is 370. The van der Waals surface area contributed by atoms with Gasteiger partial charge in [-0.3, -0.25) is 0 Å². The smallest absolute Gasteiger partial charge is 0.125 e. The highest BCUT2D eigenvalue weighted by molar-refractivity contribution is 5.65. The molecule has 0 radical (unpaired) electrons. The minimum atomic E-state index is -0.302. The normalized spacial score (nSPS) is 24.6. The maximum Gasteiger partial charge on any atom is 0.125 e. The van der Waals surface area contributed by atoms with Crippen molar-refractivity contribution in [1.29, 1.82) is 0 Å². The maximum atomic E-state index is 13.0. The van der Waals surface area contributed by atoms with Crippen LogP contribution in [0.25, 0.3) is 0 Å². The predicted molar refractivity (Wildman–Crippen MR) is 62.6 cm³/mol. The van der Waals surface area contributed by atoms with E-state index in [1.807, 2.05) is 0 Å². The zero-order valence-electron chi connectivity index (χ0n) is 9.12. The number of benzene rings is 1. The molecular weight excluding hydrogens is 207 g/mol. The molecule has 1 aliphatic carbocycles. The molecule has 4 N–H and O–H groups in total. The van der Waals surface area contributed by atoms with Crippen LogP contribution in [0.3, 0.4) is 0 Å². The molecule has 16 heavy (non-hydrogen) atoms. The predicted octanol–water partition coefficient (Wildman–Crippen LogP) is 1.98. The van der Waals surface area contributed by atoms with Crippen molar-refractivity contribution in [2.24, 2.45) is 5.92 Å². The molecule has 1 aromatic carbocycles. The number of nitrogen functional groups attached to an aromatic ring is 1. The fourth-order valence-corrected chi connectivity index (χ4v) is 2.18. The average Bonchev–Trinajstić information content (AvgIpc) is 2.66. The lowest BCUT2D eigenvalue weighted by atomic mass is 10.1. The third-order valence-electron chi connectivity index (χ3n) is 3.19. The number of hydrogen-bond donors (Lipinski definition) is 3. The molecule has 4 heteroatoms. The summed E-state index contributed by atoms with van der Waals surface area (Å²) in [5.74, 6) is -0.0497. The van der Waals surface area contributed by atoms with Gasteiger partial charge in [0.15, 0.2) is 0 Å². The number of nitrogens with two attached hydrogens (primary N) is 1. The molecule has 2 atom stereocenters. The molecule has 3 nitrogen and oxygen atoms in total. The summed E-state index contributed by atoms with van der Waals surface area (Å²) in [5.41, 5.74) is 6.86. The van der Waals surface area contributed by atoms with Crippen LogP contribution in [0, 0.1) is 11.7 Å². The second-order valence-electron chi connectivity index (χ2n) is 4.37. The van der Waals surface area contributed by atoms with Crippen LogP contribution in [-0.2, 0) is 0 Å². The first-order valence-electron chi connectivity index (χ1n) is 5.64. The summed E-state index contributed by atoms with van der Waals surface area (Å²) in [6.45, 7) is 0.648. The summed E-state index contributed by atoms with van der Waals surface area (Å²) in [4.78, 5) is 0. The van der Waals surface area contributed by atoms with Gasteiger partial charge in [-0.2, -0.15) is 0 Å². The van der Waals surface area contributed by atoms with E-state index >= 15 is 0 Å². The minimum absolute atomic E-state index is 0.234. The van der Waals surface area contributed by atoms with Gasteiger partial charge in [0.05, 0.1) is 17.5 Å². The van der Waals surface area contributed by atoms with E-state index in [2.05, 4.69) is 5.32 Å². The van der Waals surface area contributed by atoms with E-state index in [1.165, 1.54) is 12.1 Å². The summed E-state index contributed by atoms with van der Waals surface area (Å²) < 4.78 is 13.0. The van der Waals surface area contributed by atoms with Crippen LogP contribution in [0.5, 0.6) is 0 Å². The number of halogens is 1. The van der Waals surface area contributed by atoms with Crippen molar-refractivity contribution in [3.63, 3.8) is 0 Å². The molecule has 88 valence electrons. The first kappa shape index (κ1) is 11.2. The molecular formula is C12H17FN2O. The number of nitrogens with one attached hydrogen (secondary N) is 1. The van der Waals surface area contributed by atoms with Gasteiger partial charge in [0, 0.05) is 12.5 Å². The molecule has 0 amide bonds. The lowest BCUT2D eigenvalue weighted by Crippen LogP contribution is -2.22. The maximum absolute atomic E-state index is 13.0. The van der Waals surface area contributed by atoms with Crippen molar-refractivity contribution in [1.82, 2.24) is 0 Å². The van der Waals surface area contributed by atoms with Crippen molar-refractivity contribution >= 4 is 11.4 Å². The van der Waals surface area contributed by atoms with Crippen molar-refractivity contribution in [2.75, 3.05) is 17.6 Å². The van der Waals surface area contributed by atoms with E-state index in [1.54, 1.807) is 6.07 Å². The van der Waals surface area contributed by atoms with Crippen molar-refractivity contribution in [3.8, 4) is 0 Å². The summed E-state index contributed by atoms with van der Waals surface area (Å²) >= 11 is 0. The van der Waals surface area contributed by atoms with Crippen LogP contribution in [0.15, 0.2) is 18.2 Å². The lowest BCUT2D eigenvalue weighted by Gasteiger charge is -2.16. The van der Waals surface area contributed by atoms with Gasteiger partial charge in [-0.25, -0.2) is 4.39 Å². The van der Waals surface area contributed by atoms with E-state index < -0.39 is 0 Å². The quantitative estimate of drug-likeness (QED) is 0.688. The average molecular weight is 224 g/mol. The highest BCUT2D eigenvalue weighted by Gasteiger charge is 2.24. The van der Waals surface area contributed by atoms with Gasteiger partial charge in [-0.15, -0.1) is 0 Å². The van der Waals surface area contributed by atoms with Gasteiger partial charge >= 0.3 is 0 Å². The first-order chi connectivity index (χ1) is 7.66. The van der Waals surface area contributed by atoms with Gasteiger partial charge < -0.3 is 16.2 Å². The van der Waals surface area contributed by atoms with E-state index in [9.17, 15) is 9.50 Å². The van der Waals surface area contributed by atoms with Crippen LogP contribution in [0.1, 0.15) is 19.3 Å². The summed E-state index contributed by atoms with van der Waals surface area (Å²) in [7, 11) is 0. The molecule has 0 spiro atoms. The van der Waals surface area contributed by atoms with Gasteiger partial charge in [0.25, 0.3) is 0 Å². The number of aliphatic hydroxyl groups is 1. The zero-order valence-corrected chi connectivity index (χ0v) is 9.12. The molecule has 0 heterocycles. The molecule has 1 saturated carbocycles. The van der Waals surface area contributed by atoms with Crippen molar-refractivity contribution in [3.05, 3.63) is 24.0 Å². The Kier molecular flexibility index (Phi) is 3.29. The van der Waals surface area contributed by atoms with Gasteiger partial charge in [0.1, 0.15) is 5.82 Å². The number of aliphatic hydroxyl groups excluding tert-OH is 1. The molecule has 2 rings (SSSR count). The molecule has 0 aromatic heterocycles. The Morgan fingerprint density at radius 3 is 2.94 bits per heavy atom. The number of hydrogen-bond acceptors (Lipinski definition) is 3. The Hall–Kier alpha value is -1.29. The second-order valence-corrected chi connectivity index (χ2v) is 4.37. The molecule has 2 unspecified atom stereocenters. The second kappa shape index (κ2) is 4.70. The monoisotopic (exact) mass is 224 g/mol. The first-order valence-corrected chi connectivity index (χ1v) is 5.64. The standard InChI is InChI=1S/C12H17FN2O/c13-9-4-5-10(14)11(6-9)15-7-8-2-1-3-12(8)16/h4-6,8,12,15-16H,1-3,7,14H2.